The number of aromatic nitrogens is 2. The lowest BCUT2D eigenvalue weighted by molar-refractivity contribution is 0.0166. The first-order valence-corrected chi connectivity index (χ1v) is 7.72. The van der Waals surface area contributed by atoms with Crippen molar-refractivity contribution >= 4 is 28.2 Å². The number of halogens is 2. The Bertz CT molecular complexity index is 959. The van der Waals surface area contributed by atoms with Crippen molar-refractivity contribution in [2.45, 2.75) is 6.92 Å². The normalized spacial score (nSPS) is 10.9. The van der Waals surface area contributed by atoms with Crippen LogP contribution in [0.1, 0.15) is 16.1 Å². The molecule has 136 valence electrons. The molecule has 0 radical (unpaired) electrons. The number of carbonyl (C=O) groups excluding carboxylic acids is 1. The smallest absolute Gasteiger partial charge is 0.293 e. The highest BCUT2D eigenvalue weighted by molar-refractivity contribution is 6.08. The fourth-order valence-electron chi connectivity index (χ4n) is 2.44. The van der Waals surface area contributed by atoms with E-state index in [0.29, 0.717) is 0 Å². The van der Waals surface area contributed by atoms with E-state index in [4.69, 9.17) is 9.94 Å². The third-order valence-electron chi connectivity index (χ3n) is 3.64. The maximum Gasteiger partial charge on any atom is 0.293 e. The number of anilines is 2. The van der Waals surface area contributed by atoms with Gasteiger partial charge in [0.25, 0.3) is 5.91 Å². The van der Waals surface area contributed by atoms with Gasteiger partial charge in [0.15, 0.2) is 5.82 Å². The third kappa shape index (κ3) is 3.48. The number of amides is 1. The molecule has 0 saturated carbocycles. The molecular weight excluding hydrogens is 346 g/mol. The van der Waals surface area contributed by atoms with Gasteiger partial charge in [-0.05, 0) is 24.6 Å². The van der Waals surface area contributed by atoms with Crippen molar-refractivity contribution in [3.63, 3.8) is 0 Å². The van der Waals surface area contributed by atoms with Crippen molar-refractivity contribution in [3.8, 4) is 0 Å². The lowest BCUT2D eigenvalue weighted by atomic mass is 10.2. The summed E-state index contributed by atoms with van der Waals surface area (Å²) in [5.74, 6) is -1.90. The van der Waals surface area contributed by atoms with Gasteiger partial charge in [0.1, 0.15) is 11.5 Å². The number of fused-ring (bicyclic) bond motifs is 1. The number of benzene rings is 1. The van der Waals surface area contributed by atoms with E-state index in [1.807, 2.05) is 0 Å². The molecule has 0 aliphatic rings. The molecule has 0 aliphatic heterocycles. The summed E-state index contributed by atoms with van der Waals surface area (Å²) in [6.45, 7) is 1.34. The Balaban J connectivity index is 2.04. The number of hydroxylamine groups is 1. The summed E-state index contributed by atoms with van der Waals surface area (Å²) in [7, 11) is 0. The highest BCUT2D eigenvalue weighted by atomic mass is 19.1. The fourth-order valence-corrected chi connectivity index (χ4v) is 2.44. The number of pyridine rings is 1. The molecule has 26 heavy (non-hydrogen) atoms. The highest BCUT2D eigenvalue weighted by Gasteiger charge is 2.21. The Morgan fingerprint density at radius 2 is 2.12 bits per heavy atom. The molecule has 2 aromatic heterocycles. The number of aliphatic hydroxyl groups is 1. The summed E-state index contributed by atoms with van der Waals surface area (Å²) in [6, 6.07) is 4.55. The minimum absolute atomic E-state index is 0.0438. The monoisotopic (exact) mass is 362 g/mol. The molecule has 9 heteroatoms. The van der Waals surface area contributed by atoms with Gasteiger partial charge in [0.05, 0.1) is 36.3 Å². The molecule has 0 bridgehead atoms. The van der Waals surface area contributed by atoms with Crippen LogP contribution in [0.25, 0.3) is 10.9 Å². The average Bonchev–Trinajstić information content (AvgIpc) is 2.98. The molecule has 0 unspecified atom stereocenters. The van der Waals surface area contributed by atoms with Gasteiger partial charge in [-0.15, -0.1) is 0 Å². The number of carbonyl (C=O) groups is 1. The van der Waals surface area contributed by atoms with E-state index in [1.54, 1.807) is 13.0 Å². The Morgan fingerprint density at radius 1 is 1.31 bits per heavy atom. The largest absolute Gasteiger partial charge is 0.394 e. The van der Waals surface area contributed by atoms with Crippen molar-refractivity contribution < 1.29 is 23.5 Å². The summed E-state index contributed by atoms with van der Waals surface area (Å²) in [5.41, 5.74) is 3.10. The van der Waals surface area contributed by atoms with Crippen LogP contribution < -0.4 is 10.8 Å². The first kappa shape index (κ1) is 17.8. The SMILES string of the molecule is Cc1ccc(Nc2c(C(=O)NOCCO)[nH]c3c(F)cncc23)c(F)c1. The summed E-state index contributed by atoms with van der Waals surface area (Å²) in [4.78, 5) is 23.5. The van der Waals surface area contributed by atoms with E-state index < -0.39 is 17.5 Å². The van der Waals surface area contributed by atoms with Crippen molar-refractivity contribution in [1.82, 2.24) is 15.4 Å². The molecule has 3 rings (SSSR count). The first-order chi connectivity index (χ1) is 12.5. The minimum atomic E-state index is -0.718. The molecule has 0 aliphatic carbocycles. The predicted octanol–water partition coefficient (Wildman–Crippen LogP) is 2.55. The fraction of sp³-hybridized carbons (Fsp3) is 0.176. The van der Waals surface area contributed by atoms with Gasteiger partial charge < -0.3 is 15.4 Å². The molecule has 1 aromatic carbocycles. The van der Waals surface area contributed by atoms with Crippen LogP contribution in [0.15, 0.2) is 30.6 Å². The van der Waals surface area contributed by atoms with E-state index in [1.165, 1.54) is 18.3 Å². The number of H-pyrrole nitrogens is 1. The zero-order valence-electron chi connectivity index (χ0n) is 13.8. The molecular formula is C17H16F2N4O3. The molecule has 4 N–H and O–H groups in total. The van der Waals surface area contributed by atoms with Gasteiger partial charge in [-0.2, -0.15) is 0 Å². The van der Waals surface area contributed by atoms with Gasteiger partial charge in [-0.3, -0.25) is 14.6 Å². The molecule has 0 atom stereocenters. The van der Waals surface area contributed by atoms with Crippen molar-refractivity contribution in [1.29, 1.82) is 0 Å². The molecule has 0 spiro atoms. The number of rotatable bonds is 6. The quantitative estimate of drug-likeness (QED) is 0.399. The maximum atomic E-state index is 14.2. The Labute approximate surface area is 147 Å². The van der Waals surface area contributed by atoms with E-state index in [2.05, 4.69) is 20.8 Å². The van der Waals surface area contributed by atoms with Gasteiger partial charge in [-0.1, -0.05) is 6.07 Å². The van der Waals surface area contributed by atoms with Crippen molar-refractivity contribution in [3.05, 3.63) is 53.5 Å². The zero-order chi connectivity index (χ0) is 18.7. The number of hydrogen-bond donors (Lipinski definition) is 4. The second-order valence-corrected chi connectivity index (χ2v) is 5.53. The lowest BCUT2D eigenvalue weighted by Gasteiger charge is -2.10. The molecule has 3 aromatic rings. The number of hydrogen-bond acceptors (Lipinski definition) is 5. The van der Waals surface area contributed by atoms with Gasteiger partial charge in [0.2, 0.25) is 0 Å². The Hall–Kier alpha value is -3.04. The third-order valence-corrected chi connectivity index (χ3v) is 3.64. The molecule has 0 saturated heterocycles. The first-order valence-electron chi connectivity index (χ1n) is 7.72. The van der Waals surface area contributed by atoms with Crippen LogP contribution in [0.4, 0.5) is 20.2 Å². The van der Waals surface area contributed by atoms with Crippen LogP contribution in [0.5, 0.6) is 0 Å². The van der Waals surface area contributed by atoms with E-state index >= 15 is 0 Å². The Morgan fingerprint density at radius 3 is 2.85 bits per heavy atom. The summed E-state index contributed by atoms with van der Waals surface area (Å²) < 4.78 is 28.2. The average molecular weight is 362 g/mol. The van der Waals surface area contributed by atoms with Crippen LogP contribution in [-0.4, -0.2) is 34.2 Å². The molecule has 1 amide bonds. The second-order valence-electron chi connectivity index (χ2n) is 5.53. The molecule has 7 nitrogen and oxygen atoms in total. The number of aliphatic hydroxyl groups excluding tert-OH is 1. The number of aryl methyl sites for hydroxylation is 1. The number of nitrogens with zero attached hydrogens (tertiary/aromatic N) is 1. The summed E-state index contributed by atoms with van der Waals surface area (Å²) in [6.07, 6.45) is 2.35. The van der Waals surface area contributed by atoms with E-state index in [-0.39, 0.29) is 41.2 Å². The van der Waals surface area contributed by atoms with Crippen molar-refractivity contribution in [2.75, 3.05) is 18.5 Å². The topological polar surface area (TPSA) is 99.3 Å². The van der Waals surface area contributed by atoms with Gasteiger partial charge in [0, 0.05) is 11.6 Å². The summed E-state index contributed by atoms with van der Waals surface area (Å²) in [5, 5.41) is 11.8. The van der Waals surface area contributed by atoms with Crippen LogP contribution in [0.3, 0.4) is 0 Å². The number of nitrogens with one attached hydrogen (secondary N) is 3. The van der Waals surface area contributed by atoms with E-state index in [9.17, 15) is 13.6 Å². The molecule has 2 heterocycles. The molecule has 0 fully saturated rings. The number of aromatic amines is 1. The lowest BCUT2D eigenvalue weighted by Crippen LogP contribution is -2.26. The second kappa shape index (κ2) is 7.46. The summed E-state index contributed by atoms with van der Waals surface area (Å²) >= 11 is 0. The van der Waals surface area contributed by atoms with Crippen LogP contribution in [0, 0.1) is 18.6 Å². The minimum Gasteiger partial charge on any atom is -0.394 e. The highest BCUT2D eigenvalue weighted by Crippen LogP contribution is 2.32. The standard InChI is InChI=1S/C17H16F2N4O3/c1-9-2-3-13(11(18)6-9)21-15-10-7-20-8-12(19)14(10)22-16(15)17(25)23-26-5-4-24/h2-3,6-8,21-22,24H,4-5H2,1H3,(H,23,25). The van der Waals surface area contributed by atoms with Crippen LogP contribution >= 0.6 is 0 Å². The van der Waals surface area contributed by atoms with Gasteiger partial charge >= 0.3 is 0 Å². The Kier molecular flexibility index (Phi) is 5.10. The van der Waals surface area contributed by atoms with Crippen LogP contribution in [-0.2, 0) is 4.84 Å². The zero-order valence-corrected chi connectivity index (χ0v) is 13.8. The van der Waals surface area contributed by atoms with Gasteiger partial charge in [-0.25, -0.2) is 14.3 Å². The van der Waals surface area contributed by atoms with Crippen molar-refractivity contribution in [2.24, 2.45) is 0 Å². The predicted molar refractivity (Wildman–Crippen MR) is 91.0 cm³/mol. The maximum absolute atomic E-state index is 14.2. The van der Waals surface area contributed by atoms with Crippen LogP contribution in [0.2, 0.25) is 0 Å². The van der Waals surface area contributed by atoms with E-state index in [0.717, 1.165) is 11.8 Å².